The number of rotatable bonds is 4. The van der Waals surface area contributed by atoms with E-state index in [0.717, 1.165) is 5.56 Å². The molecule has 2 rings (SSSR count). The molecular formula is C15H13BrO4. The summed E-state index contributed by atoms with van der Waals surface area (Å²) in [6.45, 7) is 0. The highest BCUT2D eigenvalue weighted by Gasteiger charge is 2.14. The number of halogens is 1. The standard InChI is InChI=1S/C15H13BrO4/c1-19-11-5-9(6-12(8-11)20-2)13-4-3-10(16)7-14(13)15(17)18/h3-8H,1-2H3,(H,17,18). The van der Waals surface area contributed by atoms with Gasteiger partial charge in [0.15, 0.2) is 0 Å². The Hall–Kier alpha value is -2.01. The van der Waals surface area contributed by atoms with E-state index in [9.17, 15) is 9.90 Å². The van der Waals surface area contributed by atoms with Crippen LogP contribution in [0.5, 0.6) is 11.5 Å². The van der Waals surface area contributed by atoms with Crippen LogP contribution < -0.4 is 9.47 Å². The van der Waals surface area contributed by atoms with Gasteiger partial charge in [0.1, 0.15) is 11.5 Å². The predicted molar refractivity (Wildman–Crippen MR) is 79.6 cm³/mol. The lowest BCUT2D eigenvalue weighted by atomic mass is 9.99. The number of ether oxygens (including phenoxy) is 2. The fourth-order valence-electron chi connectivity index (χ4n) is 1.91. The molecule has 5 heteroatoms. The van der Waals surface area contributed by atoms with Gasteiger partial charge in [-0.3, -0.25) is 0 Å². The van der Waals surface area contributed by atoms with Crippen molar-refractivity contribution in [3.63, 3.8) is 0 Å². The van der Waals surface area contributed by atoms with Crippen molar-refractivity contribution >= 4 is 21.9 Å². The van der Waals surface area contributed by atoms with Gasteiger partial charge in [0.25, 0.3) is 0 Å². The highest BCUT2D eigenvalue weighted by molar-refractivity contribution is 9.10. The van der Waals surface area contributed by atoms with E-state index in [0.29, 0.717) is 21.5 Å². The van der Waals surface area contributed by atoms with Crippen molar-refractivity contribution in [3.05, 3.63) is 46.4 Å². The first-order valence-corrected chi connectivity index (χ1v) is 6.60. The summed E-state index contributed by atoms with van der Waals surface area (Å²) in [5.41, 5.74) is 1.55. The van der Waals surface area contributed by atoms with Gasteiger partial charge in [-0.1, -0.05) is 22.0 Å². The normalized spacial score (nSPS) is 10.2. The zero-order valence-electron chi connectivity index (χ0n) is 11.0. The highest BCUT2D eigenvalue weighted by Crippen LogP contribution is 2.33. The van der Waals surface area contributed by atoms with Crippen LogP contribution in [0.2, 0.25) is 0 Å². The van der Waals surface area contributed by atoms with Gasteiger partial charge < -0.3 is 14.6 Å². The minimum absolute atomic E-state index is 0.217. The summed E-state index contributed by atoms with van der Waals surface area (Å²) < 4.78 is 11.1. The van der Waals surface area contributed by atoms with Gasteiger partial charge in [-0.15, -0.1) is 0 Å². The maximum Gasteiger partial charge on any atom is 0.336 e. The van der Waals surface area contributed by atoms with E-state index in [1.165, 1.54) is 0 Å². The molecule has 2 aromatic carbocycles. The number of carboxylic acid groups (broad SMARTS) is 1. The van der Waals surface area contributed by atoms with Gasteiger partial charge in [-0.25, -0.2) is 4.79 Å². The van der Waals surface area contributed by atoms with Crippen LogP contribution in [0.3, 0.4) is 0 Å². The van der Waals surface area contributed by atoms with E-state index in [4.69, 9.17) is 9.47 Å². The monoisotopic (exact) mass is 336 g/mol. The van der Waals surface area contributed by atoms with Crippen molar-refractivity contribution in [2.45, 2.75) is 0 Å². The van der Waals surface area contributed by atoms with Crippen LogP contribution in [0.1, 0.15) is 10.4 Å². The lowest BCUT2D eigenvalue weighted by Gasteiger charge is -2.11. The third-order valence-electron chi connectivity index (χ3n) is 2.87. The molecule has 0 amide bonds. The van der Waals surface area contributed by atoms with E-state index in [1.54, 1.807) is 50.6 Å². The Morgan fingerprint density at radius 3 is 2.15 bits per heavy atom. The first kappa shape index (κ1) is 14.4. The molecule has 0 heterocycles. The molecule has 1 N–H and O–H groups in total. The largest absolute Gasteiger partial charge is 0.497 e. The number of methoxy groups -OCH3 is 2. The number of carbonyl (C=O) groups is 1. The molecule has 104 valence electrons. The fourth-order valence-corrected chi connectivity index (χ4v) is 2.27. The van der Waals surface area contributed by atoms with Crippen LogP contribution in [-0.2, 0) is 0 Å². The van der Waals surface area contributed by atoms with Crippen LogP contribution in [0.15, 0.2) is 40.9 Å². The van der Waals surface area contributed by atoms with Gasteiger partial charge in [0, 0.05) is 10.5 Å². The van der Waals surface area contributed by atoms with Crippen LogP contribution in [0.4, 0.5) is 0 Å². The Morgan fingerprint density at radius 1 is 1.05 bits per heavy atom. The van der Waals surface area contributed by atoms with Crippen LogP contribution >= 0.6 is 15.9 Å². The summed E-state index contributed by atoms with van der Waals surface area (Å²) in [5, 5.41) is 9.32. The molecule has 0 saturated carbocycles. The molecule has 0 fully saturated rings. The predicted octanol–water partition coefficient (Wildman–Crippen LogP) is 3.83. The molecule has 0 atom stereocenters. The maximum atomic E-state index is 11.4. The molecule has 0 aromatic heterocycles. The second-order valence-corrected chi connectivity index (χ2v) is 5.01. The Morgan fingerprint density at radius 2 is 1.65 bits per heavy atom. The number of carboxylic acids is 1. The van der Waals surface area contributed by atoms with Crippen molar-refractivity contribution in [3.8, 4) is 22.6 Å². The van der Waals surface area contributed by atoms with Crippen molar-refractivity contribution < 1.29 is 19.4 Å². The van der Waals surface area contributed by atoms with Crippen molar-refractivity contribution in [2.24, 2.45) is 0 Å². The number of benzene rings is 2. The number of hydrogen-bond acceptors (Lipinski definition) is 3. The summed E-state index contributed by atoms with van der Waals surface area (Å²) in [6.07, 6.45) is 0. The average molecular weight is 337 g/mol. The van der Waals surface area contributed by atoms with Crippen molar-refractivity contribution in [2.75, 3.05) is 14.2 Å². The minimum atomic E-state index is -0.983. The summed E-state index contributed by atoms with van der Waals surface area (Å²) in [7, 11) is 3.11. The molecule has 0 aliphatic carbocycles. The van der Waals surface area contributed by atoms with Gasteiger partial charge >= 0.3 is 5.97 Å². The Kier molecular flexibility index (Phi) is 4.29. The van der Waals surface area contributed by atoms with Crippen molar-refractivity contribution in [1.82, 2.24) is 0 Å². The summed E-state index contributed by atoms with van der Waals surface area (Å²) in [6, 6.07) is 10.4. The topological polar surface area (TPSA) is 55.8 Å². The quantitative estimate of drug-likeness (QED) is 0.921. The van der Waals surface area contributed by atoms with Gasteiger partial charge in [-0.05, 0) is 35.4 Å². The van der Waals surface area contributed by atoms with E-state index >= 15 is 0 Å². The molecule has 0 spiro atoms. The van der Waals surface area contributed by atoms with Crippen LogP contribution in [0.25, 0.3) is 11.1 Å². The van der Waals surface area contributed by atoms with E-state index in [-0.39, 0.29) is 5.56 Å². The molecule has 20 heavy (non-hydrogen) atoms. The zero-order valence-corrected chi connectivity index (χ0v) is 12.6. The van der Waals surface area contributed by atoms with E-state index < -0.39 is 5.97 Å². The molecule has 0 bridgehead atoms. The van der Waals surface area contributed by atoms with E-state index in [2.05, 4.69) is 15.9 Å². The molecule has 0 saturated heterocycles. The number of aromatic carboxylic acids is 1. The molecule has 0 radical (unpaired) electrons. The number of hydrogen-bond donors (Lipinski definition) is 1. The Balaban J connectivity index is 2.64. The SMILES string of the molecule is COc1cc(OC)cc(-c2ccc(Br)cc2C(=O)O)c1. The summed E-state index contributed by atoms with van der Waals surface area (Å²) >= 11 is 3.28. The molecule has 4 nitrogen and oxygen atoms in total. The highest BCUT2D eigenvalue weighted by atomic mass is 79.9. The van der Waals surface area contributed by atoms with E-state index in [1.807, 2.05) is 0 Å². The van der Waals surface area contributed by atoms with Gasteiger partial charge in [0.05, 0.1) is 19.8 Å². The molecule has 0 aliphatic heterocycles. The van der Waals surface area contributed by atoms with Crippen molar-refractivity contribution in [1.29, 1.82) is 0 Å². The maximum absolute atomic E-state index is 11.4. The smallest absolute Gasteiger partial charge is 0.336 e. The summed E-state index contributed by atoms with van der Waals surface area (Å²) in [5.74, 6) is 0.236. The minimum Gasteiger partial charge on any atom is -0.497 e. The lowest BCUT2D eigenvalue weighted by molar-refractivity contribution is 0.0697. The van der Waals surface area contributed by atoms with Crippen LogP contribution in [-0.4, -0.2) is 25.3 Å². The summed E-state index contributed by atoms with van der Waals surface area (Å²) in [4.78, 5) is 11.4. The molecule has 0 unspecified atom stereocenters. The zero-order chi connectivity index (χ0) is 14.7. The van der Waals surface area contributed by atoms with Gasteiger partial charge in [0.2, 0.25) is 0 Å². The second kappa shape index (κ2) is 5.96. The lowest BCUT2D eigenvalue weighted by Crippen LogP contribution is -2.00. The van der Waals surface area contributed by atoms with Gasteiger partial charge in [-0.2, -0.15) is 0 Å². The molecule has 2 aromatic rings. The first-order chi connectivity index (χ1) is 9.55. The Labute approximate surface area is 125 Å². The first-order valence-electron chi connectivity index (χ1n) is 5.81. The molecule has 0 aliphatic rings. The Bertz CT molecular complexity index is 630. The average Bonchev–Trinajstić information content (AvgIpc) is 2.46. The second-order valence-electron chi connectivity index (χ2n) is 4.10. The third-order valence-corrected chi connectivity index (χ3v) is 3.37. The molecular weight excluding hydrogens is 324 g/mol. The van der Waals surface area contributed by atoms with Crippen LogP contribution in [0, 0.1) is 0 Å². The third kappa shape index (κ3) is 2.93. The fraction of sp³-hybridized carbons (Fsp3) is 0.133.